The summed E-state index contributed by atoms with van der Waals surface area (Å²) in [5, 5.41) is 0.473. The second kappa shape index (κ2) is 8.84. The predicted octanol–water partition coefficient (Wildman–Crippen LogP) is 3.12. The molecule has 3 aromatic rings. The van der Waals surface area contributed by atoms with Gasteiger partial charge in [-0.3, -0.25) is 14.0 Å². The Bertz CT molecular complexity index is 1270. The van der Waals surface area contributed by atoms with Crippen LogP contribution >= 0.6 is 11.6 Å². The quantitative estimate of drug-likeness (QED) is 0.596. The molecule has 160 valence electrons. The summed E-state index contributed by atoms with van der Waals surface area (Å²) < 4.78 is 38.9. The maximum absolute atomic E-state index is 13.5. The zero-order valence-electron chi connectivity index (χ0n) is 16.5. The highest BCUT2D eigenvalue weighted by atomic mass is 35.5. The van der Waals surface area contributed by atoms with Gasteiger partial charge in [0.1, 0.15) is 5.82 Å². The lowest BCUT2D eigenvalue weighted by atomic mass is 9.91. The van der Waals surface area contributed by atoms with Gasteiger partial charge in [-0.05, 0) is 59.5 Å². The second-order valence-electron chi connectivity index (χ2n) is 7.20. The van der Waals surface area contributed by atoms with Crippen molar-refractivity contribution >= 4 is 28.6 Å². The molecule has 1 aliphatic heterocycles. The van der Waals surface area contributed by atoms with Gasteiger partial charge >= 0.3 is 0 Å². The first kappa shape index (κ1) is 21.6. The van der Waals surface area contributed by atoms with Gasteiger partial charge in [-0.1, -0.05) is 11.6 Å². The van der Waals surface area contributed by atoms with Gasteiger partial charge in [0.2, 0.25) is 0 Å². The zero-order valence-corrected chi connectivity index (χ0v) is 18.1. The average Bonchev–Trinajstić information content (AvgIpc) is 2.86. The molecular formula is C22H18ClFN3O3S-. The maximum atomic E-state index is 13.5. The molecule has 2 aromatic carbocycles. The predicted molar refractivity (Wildman–Crippen MR) is 118 cm³/mol. The molecule has 0 saturated carbocycles. The molecule has 1 N–H and O–H groups in total. The van der Waals surface area contributed by atoms with Crippen LogP contribution in [0.5, 0.6) is 0 Å². The lowest BCUT2D eigenvalue weighted by Gasteiger charge is -2.16. The fourth-order valence-electron chi connectivity index (χ4n) is 3.64. The number of nitrogens with zero attached hydrogens (tertiary/aromatic N) is 2. The molecule has 0 saturated heterocycles. The number of nitrogens with one attached hydrogen (secondary N) is 1. The number of hydrogen-bond acceptors (Lipinski definition) is 4. The van der Waals surface area contributed by atoms with Crippen LogP contribution in [0.2, 0.25) is 5.02 Å². The summed E-state index contributed by atoms with van der Waals surface area (Å²) in [4.78, 5) is 16.9. The van der Waals surface area contributed by atoms with Gasteiger partial charge in [0.15, 0.2) is 0 Å². The molecule has 0 bridgehead atoms. The van der Waals surface area contributed by atoms with Crippen LogP contribution in [0.25, 0.3) is 11.1 Å². The van der Waals surface area contributed by atoms with Crippen LogP contribution in [-0.4, -0.2) is 25.6 Å². The van der Waals surface area contributed by atoms with E-state index in [0.717, 1.165) is 33.4 Å². The minimum absolute atomic E-state index is 0.142. The van der Waals surface area contributed by atoms with E-state index >= 15 is 0 Å². The van der Waals surface area contributed by atoms with E-state index in [4.69, 9.17) is 16.6 Å². The molecule has 1 unspecified atom stereocenters. The van der Waals surface area contributed by atoms with Crippen molar-refractivity contribution in [3.05, 3.63) is 92.1 Å². The van der Waals surface area contributed by atoms with E-state index in [-0.39, 0.29) is 24.5 Å². The largest absolute Gasteiger partial charge is 0.760 e. The van der Waals surface area contributed by atoms with Gasteiger partial charge in [-0.15, -0.1) is 0 Å². The van der Waals surface area contributed by atoms with Crippen molar-refractivity contribution in [1.29, 1.82) is 0 Å². The first-order valence-corrected chi connectivity index (χ1v) is 10.9. The van der Waals surface area contributed by atoms with Gasteiger partial charge < -0.3 is 9.12 Å². The van der Waals surface area contributed by atoms with E-state index in [0.29, 0.717) is 17.2 Å². The van der Waals surface area contributed by atoms with E-state index in [1.807, 2.05) is 6.07 Å². The van der Waals surface area contributed by atoms with Crippen molar-refractivity contribution in [3.8, 4) is 11.1 Å². The molecule has 0 amide bonds. The summed E-state index contributed by atoms with van der Waals surface area (Å²) >= 11 is 4.18. The first-order valence-electron chi connectivity index (χ1n) is 9.49. The highest BCUT2D eigenvalue weighted by molar-refractivity contribution is 7.77. The van der Waals surface area contributed by atoms with Crippen LogP contribution in [0.3, 0.4) is 0 Å². The van der Waals surface area contributed by atoms with E-state index in [2.05, 4.69) is 4.72 Å². The van der Waals surface area contributed by atoms with Gasteiger partial charge in [-0.25, -0.2) is 9.11 Å². The van der Waals surface area contributed by atoms with Crippen LogP contribution in [0.1, 0.15) is 22.3 Å². The Morgan fingerprint density at radius 3 is 2.65 bits per heavy atom. The monoisotopic (exact) mass is 458 g/mol. The number of pyridine rings is 1. The van der Waals surface area contributed by atoms with Gasteiger partial charge in [-0.2, -0.15) is 0 Å². The average molecular weight is 459 g/mol. The number of hydrogen-bond donors (Lipinski definition) is 1. The summed E-state index contributed by atoms with van der Waals surface area (Å²) in [7, 11) is 1.68. The smallest absolute Gasteiger partial charge is 0.250 e. The summed E-state index contributed by atoms with van der Waals surface area (Å²) in [6, 6.07) is 11.3. The van der Waals surface area contributed by atoms with Crippen LogP contribution in [0, 0.1) is 5.82 Å². The molecule has 0 fully saturated rings. The Kier molecular flexibility index (Phi) is 6.15. The fourth-order valence-corrected chi connectivity index (χ4v) is 4.17. The lowest BCUT2D eigenvalue weighted by Crippen LogP contribution is -2.19. The molecule has 1 atom stereocenters. The van der Waals surface area contributed by atoms with Crippen molar-refractivity contribution in [2.75, 3.05) is 6.54 Å². The molecule has 9 heteroatoms. The van der Waals surface area contributed by atoms with Gasteiger partial charge in [0.05, 0.1) is 12.3 Å². The maximum Gasteiger partial charge on any atom is 0.250 e. The number of aliphatic imine (C=N–C) groups is 1. The number of aryl methyl sites for hydroxylation is 1. The molecular weight excluding hydrogens is 441 g/mol. The number of halogens is 2. The van der Waals surface area contributed by atoms with Crippen molar-refractivity contribution in [2.24, 2.45) is 12.0 Å². The summed E-state index contributed by atoms with van der Waals surface area (Å²) in [6.07, 6.45) is 2.16. The minimum Gasteiger partial charge on any atom is -0.760 e. The lowest BCUT2D eigenvalue weighted by molar-refractivity contribution is 0.523. The SMILES string of the molecule is Cn1cc2c(cc1=O)CN=C(c1ccc(F)cc1)c1cc(Cl)c(CCNS(=O)[O-])cc1-2. The summed E-state index contributed by atoms with van der Waals surface area (Å²) in [5.74, 6) is -0.346. The minimum atomic E-state index is -2.36. The standard InChI is InChI=1S/C22H19ClFN3O3S/c1-27-12-19-15(9-21(27)28)11-25-22(13-2-4-16(24)5-3-13)18-10-20(23)14(8-17(18)19)6-7-26-31(29)30/h2-5,8-10,12,26H,6-7,11H2,1H3,(H,29,30)/p-1. The van der Waals surface area contributed by atoms with Crippen LogP contribution in [-0.2, 0) is 31.3 Å². The van der Waals surface area contributed by atoms with Crippen molar-refractivity contribution in [3.63, 3.8) is 0 Å². The highest BCUT2D eigenvalue weighted by Crippen LogP contribution is 2.35. The molecule has 0 spiro atoms. The van der Waals surface area contributed by atoms with Crippen molar-refractivity contribution < 1.29 is 13.2 Å². The van der Waals surface area contributed by atoms with Crippen molar-refractivity contribution in [1.82, 2.24) is 9.29 Å². The highest BCUT2D eigenvalue weighted by Gasteiger charge is 2.22. The molecule has 6 nitrogen and oxygen atoms in total. The molecule has 4 rings (SSSR count). The third kappa shape index (κ3) is 4.52. The van der Waals surface area contributed by atoms with Crippen molar-refractivity contribution in [2.45, 2.75) is 13.0 Å². The second-order valence-corrected chi connectivity index (χ2v) is 8.37. The Balaban J connectivity index is 1.90. The molecule has 1 aromatic heterocycles. The number of aromatic nitrogens is 1. The normalized spacial score (nSPS) is 13.7. The third-order valence-electron chi connectivity index (χ3n) is 5.19. The van der Waals surface area contributed by atoms with Gasteiger partial charge in [0.25, 0.3) is 5.56 Å². The van der Waals surface area contributed by atoms with E-state index < -0.39 is 11.3 Å². The first-order chi connectivity index (χ1) is 14.8. The van der Waals surface area contributed by atoms with E-state index in [1.54, 1.807) is 37.5 Å². The Morgan fingerprint density at radius 2 is 1.94 bits per heavy atom. The van der Waals surface area contributed by atoms with E-state index in [1.165, 1.54) is 16.7 Å². The zero-order chi connectivity index (χ0) is 22.1. The number of fused-ring (bicyclic) bond motifs is 3. The molecule has 2 heterocycles. The Hall–Kier alpha value is -2.65. The Morgan fingerprint density at radius 1 is 1.19 bits per heavy atom. The van der Waals surface area contributed by atoms with Crippen LogP contribution < -0.4 is 10.3 Å². The third-order valence-corrected chi connectivity index (χ3v) is 5.98. The number of benzene rings is 2. The van der Waals surface area contributed by atoms with Crippen LogP contribution in [0.4, 0.5) is 4.39 Å². The topological polar surface area (TPSA) is 86.5 Å². The summed E-state index contributed by atoms with van der Waals surface area (Å²) in [6.45, 7) is 0.490. The van der Waals surface area contributed by atoms with Gasteiger partial charge in [0, 0.05) is 58.8 Å². The molecule has 0 aliphatic carbocycles. The molecule has 31 heavy (non-hydrogen) atoms. The fraction of sp³-hybridized carbons (Fsp3) is 0.182. The van der Waals surface area contributed by atoms with Crippen LogP contribution in [0.15, 0.2) is 58.4 Å². The molecule has 0 radical (unpaired) electrons. The Labute approximate surface area is 185 Å². The van der Waals surface area contributed by atoms with E-state index in [9.17, 15) is 17.9 Å². The summed E-state index contributed by atoms with van der Waals surface area (Å²) in [5.41, 5.74) is 5.20. The molecule has 1 aliphatic rings. The number of rotatable bonds is 5.